The Labute approximate surface area is 204 Å². The molecule has 0 aliphatic heterocycles. The summed E-state index contributed by atoms with van der Waals surface area (Å²) < 4.78 is 12.5. The van der Waals surface area contributed by atoms with E-state index in [9.17, 15) is 9.90 Å². The first-order valence-corrected chi connectivity index (χ1v) is 11.9. The molecule has 35 heavy (non-hydrogen) atoms. The average molecular weight is 477 g/mol. The molecular formula is C27H32N4O4. The van der Waals surface area contributed by atoms with Crippen LogP contribution in [0.25, 0.3) is 5.52 Å². The zero-order valence-electron chi connectivity index (χ0n) is 20.5. The molecule has 0 aliphatic carbocycles. The van der Waals surface area contributed by atoms with Crippen LogP contribution in [-0.2, 0) is 12.8 Å². The smallest absolute Gasteiger partial charge is 0.299 e. The van der Waals surface area contributed by atoms with Crippen LogP contribution < -0.4 is 15.0 Å². The van der Waals surface area contributed by atoms with Gasteiger partial charge in [0.1, 0.15) is 11.6 Å². The first-order chi connectivity index (χ1) is 17.0. The lowest BCUT2D eigenvalue weighted by Crippen LogP contribution is -2.19. The molecule has 0 fully saturated rings. The Morgan fingerprint density at radius 2 is 1.77 bits per heavy atom. The zero-order chi connectivity index (χ0) is 24.8. The van der Waals surface area contributed by atoms with E-state index in [0.29, 0.717) is 41.4 Å². The molecule has 2 heterocycles. The molecule has 8 heteroatoms. The molecule has 0 radical (unpaired) electrons. The van der Waals surface area contributed by atoms with Crippen molar-refractivity contribution in [2.24, 2.45) is 0 Å². The number of aryl methyl sites for hydroxylation is 2. The standard InChI is InChI=1S/C27H32N4O4/c1-18-25-27(33)29-24(17-20-12-13-22(34-2)23(16-20)35-3)30-31(25)26(28-18)21(14-15-32)11-7-10-19-8-5-4-6-9-19/h4-6,8-9,12-13,16,21,32H,7,10-11,14-15,17H2,1-3H3,(H,29,30,33)/t21-/m1/s1. The Morgan fingerprint density at radius 3 is 2.49 bits per heavy atom. The van der Waals surface area contributed by atoms with Crippen LogP contribution >= 0.6 is 0 Å². The van der Waals surface area contributed by atoms with Gasteiger partial charge in [-0.15, -0.1) is 0 Å². The van der Waals surface area contributed by atoms with Crippen LogP contribution in [0.5, 0.6) is 11.5 Å². The molecule has 2 aromatic heterocycles. The van der Waals surface area contributed by atoms with Crippen molar-refractivity contribution in [1.82, 2.24) is 19.6 Å². The van der Waals surface area contributed by atoms with E-state index in [1.165, 1.54) is 5.56 Å². The summed E-state index contributed by atoms with van der Waals surface area (Å²) in [5.41, 5.74) is 2.98. The predicted molar refractivity (Wildman–Crippen MR) is 135 cm³/mol. The van der Waals surface area contributed by atoms with Gasteiger partial charge in [-0.25, -0.2) is 9.50 Å². The van der Waals surface area contributed by atoms with Gasteiger partial charge < -0.3 is 14.6 Å². The number of hydrogen-bond donors (Lipinski definition) is 2. The zero-order valence-corrected chi connectivity index (χ0v) is 20.5. The molecule has 2 N–H and O–H groups in total. The molecule has 184 valence electrons. The largest absolute Gasteiger partial charge is 0.493 e. The Bertz CT molecular complexity index is 1330. The van der Waals surface area contributed by atoms with Gasteiger partial charge in [-0.05, 0) is 55.9 Å². The van der Waals surface area contributed by atoms with Crippen molar-refractivity contribution in [2.75, 3.05) is 20.8 Å². The highest BCUT2D eigenvalue weighted by Gasteiger charge is 2.21. The molecule has 0 aliphatic rings. The highest BCUT2D eigenvalue weighted by molar-refractivity contribution is 5.50. The minimum atomic E-state index is -0.317. The maximum atomic E-state index is 12.9. The van der Waals surface area contributed by atoms with Crippen LogP contribution in [0.3, 0.4) is 0 Å². The first-order valence-electron chi connectivity index (χ1n) is 11.9. The van der Waals surface area contributed by atoms with Gasteiger partial charge in [0.05, 0.1) is 19.9 Å². The highest BCUT2D eigenvalue weighted by atomic mass is 16.5. The molecule has 4 rings (SSSR count). The number of benzene rings is 2. The van der Waals surface area contributed by atoms with E-state index in [4.69, 9.17) is 14.5 Å². The normalized spacial score (nSPS) is 12.1. The number of aliphatic hydroxyl groups is 1. The van der Waals surface area contributed by atoms with Crippen molar-refractivity contribution in [1.29, 1.82) is 0 Å². The van der Waals surface area contributed by atoms with Crippen LogP contribution in [0.4, 0.5) is 0 Å². The van der Waals surface area contributed by atoms with Gasteiger partial charge in [-0.1, -0.05) is 36.4 Å². The van der Waals surface area contributed by atoms with Crippen LogP contribution in [0.1, 0.15) is 53.7 Å². The molecule has 0 bridgehead atoms. The fraction of sp³-hybridized carbons (Fsp3) is 0.370. The lowest BCUT2D eigenvalue weighted by molar-refractivity contribution is 0.268. The molecule has 2 aromatic carbocycles. The minimum Gasteiger partial charge on any atom is -0.493 e. The number of aromatic amines is 1. The van der Waals surface area contributed by atoms with E-state index in [0.717, 1.165) is 30.7 Å². The summed E-state index contributed by atoms with van der Waals surface area (Å²) >= 11 is 0. The lowest BCUT2D eigenvalue weighted by Gasteiger charge is -2.15. The fourth-order valence-electron chi connectivity index (χ4n) is 4.54. The summed E-state index contributed by atoms with van der Waals surface area (Å²) in [6, 6.07) is 16.0. The number of fused-ring (bicyclic) bond motifs is 1. The summed E-state index contributed by atoms with van der Waals surface area (Å²) in [6.45, 7) is 1.88. The lowest BCUT2D eigenvalue weighted by atomic mass is 9.96. The average Bonchev–Trinajstić information content (AvgIpc) is 3.20. The second kappa shape index (κ2) is 11.2. The number of rotatable bonds is 11. The SMILES string of the molecule is COc1ccc(Cc2nc(=O)c3c(C)nc([C@@H](CCO)CCCc4ccccc4)n3[nH]2)cc1OC. The highest BCUT2D eigenvalue weighted by Crippen LogP contribution is 2.29. The number of aromatic nitrogens is 4. The van der Waals surface area contributed by atoms with E-state index >= 15 is 0 Å². The van der Waals surface area contributed by atoms with Crippen LogP contribution in [-0.4, -0.2) is 45.5 Å². The van der Waals surface area contributed by atoms with Gasteiger partial charge >= 0.3 is 0 Å². The molecule has 4 aromatic rings. The molecule has 0 amide bonds. The Hall–Kier alpha value is -3.65. The first kappa shape index (κ1) is 24.5. The number of methoxy groups -OCH3 is 2. The van der Waals surface area contributed by atoms with E-state index in [-0.39, 0.29) is 18.1 Å². The Balaban J connectivity index is 1.63. The van der Waals surface area contributed by atoms with Crippen molar-refractivity contribution in [3.8, 4) is 11.5 Å². The predicted octanol–water partition coefficient (Wildman–Crippen LogP) is 3.82. The third kappa shape index (κ3) is 5.54. The van der Waals surface area contributed by atoms with Crippen molar-refractivity contribution in [3.05, 3.63) is 87.4 Å². The molecule has 1 atom stereocenters. The van der Waals surface area contributed by atoms with Crippen molar-refractivity contribution >= 4 is 5.52 Å². The van der Waals surface area contributed by atoms with E-state index in [2.05, 4.69) is 22.2 Å². The number of aliphatic hydroxyl groups excluding tert-OH is 1. The number of imidazole rings is 1. The van der Waals surface area contributed by atoms with Gasteiger partial charge in [0, 0.05) is 18.9 Å². The Kier molecular flexibility index (Phi) is 7.82. The summed E-state index contributed by atoms with van der Waals surface area (Å²) in [4.78, 5) is 22.0. The van der Waals surface area contributed by atoms with E-state index in [1.54, 1.807) is 18.7 Å². The van der Waals surface area contributed by atoms with Gasteiger partial charge in [-0.2, -0.15) is 4.98 Å². The van der Waals surface area contributed by atoms with Gasteiger partial charge in [-0.3, -0.25) is 9.89 Å². The molecule has 8 nitrogen and oxygen atoms in total. The third-order valence-corrected chi connectivity index (χ3v) is 6.28. The summed E-state index contributed by atoms with van der Waals surface area (Å²) in [7, 11) is 3.18. The van der Waals surface area contributed by atoms with Gasteiger partial charge in [0.15, 0.2) is 17.0 Å². The molecular weight excluding hydrogens is 444 g/mol. The quantitative estimate of drug-likeness (QED) is 0.341. The van der Waals surface area contributed by atoms with Crippen molar-refractivity contribution in [2.45, 2.75) is 44.9 Å². The number of nitrogens with zero attached hydrogens (tertiary/aromatic N) is 3. The van der Waals surface area contributed by atoms with Gasteiger partial charge in [0.2, 0.25) is 0 Å². The maximum absolute atomic E-state index is 12.9. The molecule has 0 unspecified atom stereocenters. The van der Waals surface area contributed by atoms with E-state index < -0.39 is 0 Å². The number of nitrogens with one attached hydrogen (secondary N) is 1. The van der Waals surface area contributed by atoms with Crippen molar-refractivity contribution < 1.29 is 14.6 Å². The summed E-state index contributed by atoms with van der Waals surface area (Å²) in [5.74, 6) is 2.56. The van der Waals surface area contributed by atoms with E-state index in [1.807, 2.05) is 43.3 Å². The summed E-state index contributed by atoms with van der Waals surface area (Å²) in [6.07, 6.45) is 3.75. The second-order valence-corrected chi connectivity index (χ2v) is 8.67. The summed E-state index contributed by atoms with van der Waals surface area (Å²) in [5, 5.41) is 13.1. The topological polar surface area (TPSA) is 102 Å². The number of hydrogen-bond acceptors (Lipinski definition) is 6. The van der Waals surface area contributed by atoms with Crippen LogP contribution in [0.2, 0.25) is 0 Å². The van der Waals surface area contributed by atoms with Crippen molar-refractivity contribution in [3.63, 3.8) is 0 Å². The third-order valence-electron chi connectivity index (χ3n) is 6.28. The van der Waals surface area contributed by atoms with Gasteiger partial charge in [0.25, 0.3) is 5.56 Å². The monoisotopic (exact) mass is 476 g/mol. The minimum absolute atomic E-state index is 0.0110. The Morgan fingerprint density at radius 1 is 1.00 bits per heavy atom. The second-order valence-electron chi connectivity index (χ2n) is 8.67. The van der Waals surface area contributed by atoms with Crippen LogP contribution in [0.15, 0.2) is 53.3 Å². The number of H-pyrrole nitrogens is 1. The molecule has 0 saturated heterocycles. The molecule has 0 spiro atoms. The van der Waals surface area contributed by atoms with Crippen LogP contribution in [0, 0.1) is 6.92 Å². The molecule has 0 saturated carbocycles. The maximum Gasteiger partial charge on any atom is 0.299 e. The fourth-order valence-corrected chi connectivity index (χ4v) is 4.54. The number of ether oxygens (including phenoxy) is 2.